The standard InChI is InChI=1S/C14H16BrN3S/c1-17-6-8-18(9-7-17)14-16-13(10-19-14)11-4-2-3-5-12(11)15/h2-5,10H,6-9H2,1H3. The van der Waals surface area contributed by atoms with Crippen LogP contribution in [0.3, 0.4) is 0 Å². The quantitative estimate of drug-likeness (QED) is 0.837. The van der Waals surface area contributed by atoms with Gasteiger partial charge in [-0.05, 0) is 13.1 Å². The molecule has 0 aliphatic carbocycles. The molecule has 0 N–H and O–H groups in total. The Balaban J connectivity index is 1.82. The molecule has 0 atom stereocenters. The number of hydrogen-bond acceptors (Lipinski definition) is 4. The van der Waals surface area contributed by atoms with Crippen molar-refractivity contribution in [2.24, 2.45) is 0 Å². The number of anilines is 1. The number of benzene rings is 1. The van der Waals surface area contributed by atoms with Crippen molar-refractivity contribution in [3.63, 3.8) is 0 Å². The summed E-state index contributed by atoms with van der Waals surface area (Å²) in [5.41, 5.74) is 2.23. The zero-order valence-electron chi connectivity index (χ0n) is 10.8. The van der Waals surface area contributed by atoms with Crippen LogP contribution in [0.1, 0.15) is 0 Å². The van der Waals surface area contributed by atoms with Crippen LogP contribution >= 0.6 is 27.3 Å². The van der Waals surface area contributed by atoms with E-state index in [9.17, 15) is 0 Å². The smallest absolute Gasteiger partial charge is 0.185 e. The Kier molecular flexibility index (Phi) is 3.86. The lowest BCUT2D eigenvalue weighted by molar-refractivity contribution is 0.313. The maximum absolute atomic E-state index is 4.79. The van der Waals surface area contributed by atoms with Crippen LogP contribution in [-0.4, -0.2) is 43.1 Å². The molecule has 19 heavy (non-hydrogen) atoms. The van der Waals surface area contributed by atoms with Gasteiger partial charge in [0.15, 0.2) is 5.13 Å². The van der Waals surface area contributed by atoms with Crippen molar-refractivity contribution in [2.75, 3.05) is 38.1 Å². The Bertz CT molecular complexity index is 561. The first-order valence-corrected chi connectivity index (χ1v) is 8.05. The van der Waals surface area contributed by atoms with Crippen LogP contribution in [0.2, 0.25) is 0 Å². The highest BCUT2D eigenvalue weighted by atomic mass is 79.9. The summed E-state index contributed by atoms with van der Waals surface area (Å²) >= 11 is 5.33. The Labute approximate surface area is 126 Å². The highest BCUT2D eigenvalue weighted by molar-refractivity contribution is 9.10. The number of nitrogens with zero attached hydrogens (tertiary/aromatic N) is 3. The first-order valence-electron chi connectivity index (χ1n) is 6.38. The van der Waals surface area contributed by atoms with Gasteiger partial charge in [0.25, 0.3) is 0 Å². The van der Waals surface area contributed by atoms with Gasteiger partial charge in [0, 0.05) is 41.6 Å². The van der Waals surface area contributed by atoms with Crippen molar-refractivity contribution in [3.05, 3.63) is 34.1 Å². The van der Waals surface area contributed by atoms with Gasteiger partial charge in [-0.3, -0.25) is 0 Å². The fourth-order valence-corrected chi connectivity index (χ4v) is 3.57. The largest absolute Gasteiger partial charge is 0.346 e. The van der Waals surface area contributed by atoms with Crippen LogP contribution in [-0.2, 0) is 0 Å². The van der Waals surface area contributed by atoms with Gasteiger partial charge in [0.05, 0.1) is 5.69 Å². The molecule has 3 rings (SSSR count). The van der Waals surface area contributed by atoms with Crippen molar-refractivity contribution in [1.29, 1.82) is 0 Å². The van der Waals surface area contributed by atoms with E-state index in [2.05, 4.69) is 56.4 Å². The minimum absolute atomic E-state index is 1.06. The number of piperazine rings is 1. The van der Waals surface area contributed by atoms with E-state index in [0.29, 0.717) is 0 Å². The highest BCUT2D eigenvalue weighted by Gasteiger charge is 2.17. The molecule has 1 aliphatic heterocycles. The Morgan fingerprint density at radius 1 is 1.16 bits per heavy atom. The van der Waals surface area contributed by atoms with E-state index in [4.69, 9.17) is 4.98 Å². The molecule has 0 radical (unpaired) electrons. The summed E-state index contributed by atoms with van der Waals surface area (Å²) < 4.78 is 1.10. The average Bonchev–Trinajstić information content (AvgIpc) is 2.89. The average molecular weight is 338 g/mol. The van der Waals surface area contributed by atoms with Crippen LogP contribution in [0.5, 0.6) is 0 Å². The monoisotopic (exact) mass is 337 g/mol. The van der Waals surface area contributed by atoms with Crippen molar-refractivity contribution in [1.82, 2.24) is 9.88 Å². The van der Waals surface area contributed by atoms with Crippen molar-refractivity contribution in [3.8, 4) is 11.3 Å². The number of likely N-dealkylation sites (N-methyl/N-ethyl adjacent to an activating group) is 1. The maximum Gasteiger partial charge on any atom is 0.185 e. The van der Waals surface area contributed by atoms with Gasteiger partial charge in [0.1, 0.15) is 0 Å². The molecular weight excluding hydrogens is 322 g/mol. The fourth-order valence-electron chi connectivity index (χ4n) is 2.20. The number of thiazole rings is 1. The number of hydrogen-bond donors (Lipinski definition) is 0. The van der Waals surface area contributed by atoms with Gasteiger partial charge in [-0.15, -0.1) is 11.3 Å². The van der Waals surface area contributed by atoms with Gasteiger partial charge < -0.3 is 9.80 Å². The van der Waals surface area contributed by atoms with Gasteiger partial charge in [-0.25, -0.2) is 4.98 Å². The molecule has 1 aliphatic rings. The molecule has 0 unspecified atom stereocenters. The third kappa shape index (κ3) is 2.83. The Morgan fingerprint density at radius 2 is 1.89 bits per heavy atom. The molecule has 0 spiro atoms. The summed E-state index contributed by atoms with van der Waals surface area (Å²) in [6, 6.07) is 8.24. The minimum Gasteiger partial charge on any atom is -0.346 e. The predicted molar refractivity (Wildman–Crippen MR) is 85.0 cm³/mol. The molecule has 1 saturated heterocycles. The fraction of sp³-hybridized carbons (Fsp3) is 0.357. The lowest BCUT2D eigenvalue weighted by Gasteiger charge is -2.32. The number of aromatic nitrogens is 1. The van der Waals surface area contributed by atoms with Crippen molar-refractivity contribution < 1.29 is 0 Å². The van der Waals surface area contributed by atoms with Gasteiger partial charge in [-0.1, -0.05) is 34.1 Å². The second-order valence-electron chi connectivity index (χ2n) is 4.79. The molecule has 1 fully saturated rings. The number of halogens is 1. The van der Waals surface area contributed by atoms with Crippen LogP contribution in [0, 0.1) is 0 Å². The van der Waals surface area contributed by atoms with E-state index in [0.717, 1.165) is 41.5 Å². The predicted octanol–water partition coefficient (Wildman–Crippen LogP) is 3.32. The van der Waals surface area contributed by atoms with Gasteiger partial charge in [-0.2, -0.15) is 0 Å². The Morgan fingerprint density at radius 3 is 2.63 bits per heavy atom. The molecule has 0 amide bonds. The van der Waals surface area contributed by atoms with E-state index in [-0.39, 0.29) is 0 Å². The first-order chi connectivity index (χ1) is 9.24. The molecule has 1 aromatic heterocycles. The number of rotatable bonds is 2. The molecule has 5 heteroatoms. The Hall–Kier alpha value is -0.910. The van der Waals surface area contributed by atoms with E-state index >= 15 is 0 Å². The highest BCUT2D eigenvalue weighted by Crippen LogP contribution is 2.32. The van der Waals surface area contributed by atoms with E-state index in [1.165, 1.54) is 5.56 Å². The van der Waals surface area contributed by atoms with E-state index in [1.54, 1.807) is 11.3 Å². The lowest BCUT2D eigenvalue weighted by atomic mass is 10.2. The van der Waals surface area contributed by atoms with E-state index < -0.39 is 0 Å². The van der Waals surface area contributed by atoms with Crippen LogP contribution in [0.15, 0.2) is 34.1 Å². The second-order valence-corrected chi connectivity index (χ2v) is 6.48. The summed E-state index contributed by atoms with van der Waals surface area (Å²) in [7, 11) is 2.17. The first kappa shape index (κ1) is 13.1. The molecule has 0 bridgehead atoms. The molecular formula is C14H16BrN3S. The van der Waals surface area contributed by atoms with Crippen LogP contribution < -0.4 is 4.90 Å². The summed E-state index contributed by atoms with van der Waals surface area (Å²) in [5, 5.41) is 3.28. The third-order valence-corrected chi connectivity index (χ3v) is 5.01. The second kappa shape index (κ2) is 5.61. The zero-order chi connectivity index (χ0) is 13.2. The van der Waals surface area contributed by atoms with Gasteiger partial charge >= 0.3 is 0 Å². The lowest BCUT2D eigenvalue weighted by Crippen LogP contribution is -2.44. The van der Waals surface area contributed by atoms with E-state index in [1.807, 2.05) is 6.07 Å². The molecule has 2 heterocycles. The van der Waals surface area contributed by atoms with Crippen molar-refractivity contribution >= 4 is 32.4 Å². The summed E-state index contributed by atoms with van der Waals surface area (Å²) in [5.74, 6) is 0. The molecule has 2 aromatic rings. The van der Waals surface area contributed by atoms with Crippen LogP contribution in [0.4, 0.5) is 5.13 Å². The SMILES string of the molecule is CN1CCN(c2nc(-c3ccccc3Br)cs2)CC1. The summed E-state index contributed by atoms with van der Waals surface area (Å²) in [4.78, 5) is 9.53. The molecule has 3 nitrogen and oxygen atoms in total. The third-order valence-electron chi connectivity index (χ3n) is 3.42. The molecule has 100 valence electrons. The zero-order valence-corrected chi connectivity index (χ0v) is 13.2. The minimum atomic E-state index is 1.06. The maximum atomic E-state index is 4.79. The molecule has 1 aromatic carbocycles. The molecule has 0 saturated carbocycles. The van der Waals surface area contributed by atoms with Gasteiger partial charge in [0.2, 0.25) is 0 Å². The van der Waals surface area contributed by atoms with Crippen molar-refractivity contribution in [2.45, 2.75) is 0 Å². The van der Waals surface area contributed by atoms with Crippen LogP contribution in [0.25, 0.3) is 11.3 Å². The topological polar surface area (TPSA) is 19.4 Å². The summed E-state index contributed by atoms with van der Waals surface area (Å²) in [6.45, 7) is 4.37. The summed E-state index contributed by atoms with van der Waals surface area (Å²) in [6.07, 6.45) is 0. The normalized spacial score (nSPS) is 16.8.